The Hall–Kier alpha value is 0.400. The minimum atomic E-state index is 0. The zero-order chi connectivity index (χ0) is 7.33. The van der Waals surface area contributed by atoms with Crippen LogP contribution in [-0.2, 0) is 0 Å². The molecule has 3 heteroatoms. The Morgan fingerprint density at radius 2 is 1.60 bits per heavy atom. The minimum absolute atomic E-state index is 0. The van der Waals surface area contributed by atoms with E-state index in [1.807, 2.05) is 0 Å². The molecule has 64 valence electrons. The zero-order valence-electron chi connectivity index (χ0n) is 7.23. The number of quaternary nitrogens is 1. The molecule has 0 aliphatic rings. The zero-order valence-corrected chi connectivity index (χ0v) is 8.82. The summed E-state index contributed by atoms with van der Waals surface area (Å²) in [4.78, 5) is 0. The molecule has 0 aliphatic carbocycles. The first-order valence-electron chi connectivity index (χ1n) is 3.57. The van der Waals surface area contributed by atoms with E-state index in [4.69, 9.17) is 5.73 Å². The highest BCUT2D eigenvalue weighted by atomic mass is 79.9. The molecular weight excluding hydrogens is 192 g/mol. The molecular formula is C7H19BrN2. The van der Waals surface area contributed by atoms with Gasteiger partial charge in [0.05, 0.1) is 27.7 Å². The van der Waals surface area contributed by atoms with Crippen LogP contribution in [0, 0.1) is 0 Å². The van der Waals surface area contributed by atoms with Crippen molar-refractivity contribution in [3.8, 4) is 0 Å². The summed E-state index contributed by atoms with van der Waals surface area (Å²) in [6, 6.07) is 0. The van der Waals surface area contributed by atoms with E-state index in [1.54, 1.807) is 0 Å². The molecule has 10 heavy (non-hydrogen) atoms. The van der Waals surface area contributed by atoms with Gasteiger partial charge in [0, 0.05) is 0 Å². The van der Waals surface area contributed by atoms with Crippen molar-refractivity contribution in [3.05, 3.63) is 0 Å². The second-order valence-corrected chi connectivity index (χ2v) is 3.51. The van der Waals surface area contributed by atoms with Gasteiger partial charge in [-0.1, -0.05) is 0 Å². The summed E-state index contributed by atoms with van der Waals surface area (Å²) in [6.07, 6.45) is 2.41. The van der Waals surface area contributed by atoms with Crippen molar-refractivity contribution in [2.24, 2.45) is 5.73 Å². The van der Waals surface area contributed by atoms with Gasteiger partial charge in [-0.15, -0.1) is 0 Å². The first-order valence-corrected chi connectivity index (χ1v) is 3.57. The fourth-order valence-electron chi connectivity index (χ4n) is 0.730. The van der Waals surface area contributed by atoms with E-state index in [0.29, 0.717) is 0 Å². The Morgan fingerprint density at radius 1 is 1.10 bits per heavy atom. The van der Waals surface area contributed by atoms with E-state index in [0.717, 1.165) is 17.4 Å². The van der Waals surface area contributed by atoms with Crippen molar-refractivity contribution in [2.45, 2.75) is 12.8 Å². The normalized spacial score (nSPS) is 10.8. The molecule has 0 heterocycles. The van der Waals surface area contributed by atoms with E-state index in [9.17, 15) is 0 Å². The lowest BCUT2D eigenvalue weighted by Gasteiger charge is -2.23. The molecule has 0 radical (unpaired) electrons. The maximum atomic E-state index is 5.35. The Morgan fingerprint density at radius 3 is 1.90 bits per heavy atom. The third kappa shape index (κ3) is 11.2. The second-order valence-electron chi connectivity index (χ2n) is 3.51. The lowest BCUT2D eigenvalue weighted by Crippen LogP contribution is -3.00. The van der Waals surface area contributed by atoms with Crippen LogP contribution in [-0.4, -0.2) is 38.7 Å². The summed E-state index contributed by atoms with van der Waals surface area (Å²) in [5.74, 6) is 0. The molecule has 0 atom stereocenters. The fourth-order valence-corrected chi connectivity index (χ4v) is 0.730. The Labute approximate surface area is 74.8 Å². The number of nitrogens with zero attached hydrogens (tertiary/aromatic N) is 1. The quantitative estimate of drug-likeness (QED) is 0.401. The molecule has 0 saturated carbocycles. The van der Waals surface area contributed by atoms with Crippen LogP contribution >= 0.6 is 0 Å². The Kier molecular flexibility index (Phi) is 7.99. The molecule has 0 amide bonds. The number of halogens is 1. The van der Waals surface area contributed by atoms with Gasteiger partial charge >= 0.3 is 0 Å². The van der Waals surface area contributed by atoms with E-state index in [1.165, 1.54) is 13.0 Å². The maximum Gasteiger partial charge on any atom is 0.0780 e. The average Bonchev–Trinajstić information content (AvgIpc) is 1.63. The topological polar surface area (TPSA) is 26.0 Å². The van der Waals surface area contributed by atoms with Crippen LogP contribution in [0.5, 0.6) is 0 Å². The van der Waals surface area contributed by atoms with Crippen LogP contribution in [0.1, 0.15) is 12.8 Å². The highest BCUT2D eigenvalue weighted by Gasteiger charge is 2.03. The molecule has 0 aromatic carbocycles. The van der Waals surface area contributed by atoms with Crippen LogP contribution in [0.25, 0.3) is 0 Å². The maximum absolute atomic E-state index is 5.35. The summed E-state index contributed by atoms with van der Waals surface area (Å²) >= 11 is 0. The SMILES string of the molecule is C[N+](C)(C)CCCCN.[Br-]. The van der Waals surface area contributed by atoms with Gasteiger partial charge in [0.15, 0.2) is 0 Å². The van der Waals surface area contributed by atoms with Crippen molar-refractivity contribution in [1.82, 2.24) is 0 Å². The molecule has 0 aromatic heterocycles. The third-order valence-corrected chi connectivity index (χ3v) is 1.28. The highest BCUT2D eigenvalue weighted by Crippen LogP contribution is 1.94. The lowest BCUT2D eigenvalue weighted by molar-refractivity contribution is -0.870. The van der Waals surface area contributed by atoms with Crippen molar-refractivity contribution < 1.29 is 21.5 Å². The molecule has 0 aliphatic heterocycles. The van der Waals surface area contributed by atoms with Crippen molar-refractivity contribution in [2.75, 3.05) is 34.2 Å². The molecule has 0 rings (SSSR count). The van der Waals surface area contributed by atoms with Gasteiger partial charge in [-0.2, -0.15) is 0 Å². The van der Waals surface area contributed by atoms with Gasteiger partial charge in [0.1, 0.15) is 0 Å². The molecule has 0 spiro atoms. The number of rotatable bonds is 4. The summed E-state index contributed by atoms with van der Waals surface area (Å²) in [5.41, 5.74) is 5.35. The second kappa shape index (κ2) is 6.13. The monoisotopic (exact) mass is 210 g/mol. The summed E-state index contributed by atoms with van der Waals surface area (Å²) in [7, 11) is 6.61. The van der Waals surface area contributed by atoms with Crippen LogP contribution in [0.15, 0.2) is 0 Å². The number of hydrogen-bond acceptors (Lipinski definition) is 1. The van der Waals surface area contributed by atoms with Crippen LogP contribution in [0.4, 0.5) is 0 Å². The Bertz CT molecular complexity index is 68.5. The van der Waals surface area contributed by atoms with Gasteiger partial charge in [-0.05, 0) is 19.4 Å². The van der Waals surface area contributed by atoms with Gasteiger partial charge in [0.2, 0.25) is 0 Å². The molecule has 0 bridgehead atoms. The van der Waals surface area contributed by atoms with E-state index in [2.05, 4.69) is 21.1 Å². The first-order chi connectivity index (χ1) is 4.06. The van der Waals surface area contributed by atoms with Crippen molar-refractivity contribution in [1.29, 1.82) is 0 Å². The number of unbranched alkanes of at least 4 members (excludes halogenated alkanes) is 1. The predicted octanol–water partition coefficient (Wildman–Crippen LogP) is -2.56. The van der Waals surface area contributed by atoms with Crippen LogP contribution in [0.3, 0.4) is 0 Å². The summed E-state index contributed by atoms with van der Waals surface area (Å²) in [5, 5.41) is 0. The minimum Gasteiger partial charge on any atom is -1.00 e. The van der Waals surface area contributed by atoms with Gasteiger partial charge in [-0.25, -0.2) is 0 Å². The molecule has 0 saturated heterocycles. The van der Waals surface area contributed by atoms with Gasteiger partial charge in [-0.3, -0.25) is 0 Å². The Balaban J connectivity index is 0. The summed E-state index contributed by atoms with van der Waals surface area (Å²) in [6.45, 7) is 2.07. The standard InChI is InChI=1S/C7H19N2.BrH/c1-9(2,3)7-5-4-6-8;/h4-8H2,1-3H3;1H/q+1;/p-1. The van der Waals surface area contributed by atoms with E-state index < -0.39 is 0 Å². The van der Waals surface area contributed by atoms with Crippen molar-refractivity contribution >= 4 is 0 Å². The predicted molar refractivity (Wildman–Crippen MR) is 41.2 cm³/mol. The molecule has 2 N–H and O–H groups in total. The molecule has 2 nitrogen and oxygen atoms in total. The first kappa shape index (κ1) is 13.0. The van der Waals surface area contributed by atoms with E-state index >= 15 is 0 Å². The van der Waals surface area contributed by atoms with Crippen LogP contribution < -0.4 is 22.7 Å². The van der Waals surface area contributed by atoms with Crippen LogP contribution in [0.2, 0.25) is 0 Å². The molecule has 0 aromatic rings. The molecule has 0 unspecified atom stereocenters. The summed E-state index contributed by atoms with van der Waals surface area (Å²) < 4.78 is 1.06. The average molecular weight is 211 g/mol. The highest BCUT2D eigenvalue weighted by molar-refractivity contribution is 4.37. The lowest BCUT2D eigenvalue weighted by atomic mass is 10.3. The number of nitrogens with two attached hydrogens (primary N) is 1. The van der Waals surface area contributed by atoms with Gasteiger partial charge in [0.25, 0.3) is 0 Å². The van der Waals surface area contributed by atoms with Crippen molar-refractivity contribution in [3.63, 3.8) is 0 Å². The number of hydrogen-bond donors (Lipinski definition) is 1. The third-order valence-electron chi connectivity index (χ3n) is 1.28. The van der Waals surface area contributed by atoms with Gasteiger partial charge < -0.3 is 27.2 Å². The van der Waals surface area contributed by atoms with E-state index in [-0.39, 0.29) is 17.0 Å². The fraction of sp³-hybridized carbons (Fsp3) is 1.00. The smallest absolute Gasteiger partial charge is 0.0780 e. The molecule has 0 fully saturated rings. The largest absolute Gasteiger partial charge is 1.00 e.